The Hall–Kier alpha value is -1.70. The van der Waals surface area contributed by atoms with Crippen molar-refractivity contribution < 1.29 is 23.5 Å². The number of amides is 1. The van der Waals surface area contributed by atoms with Crippen LogP contribution in [0.1, 0.15) is 62.2 Å². The summed E-state index contributed by atoms with van der Waals surface area (Å²) in [5.41, 5.74) is 0.213. The highest BCUT2D eigenvalue weighted by molar-refractivity contribution is 5.96. The highest BCUT2D eigenvalue weighted by atomic mass is 35.5. The molecule has 1 aliphatic heterocycles. The molecule has 1 saturated heterocycles. The molecule has 8 heteroatoms. The van der Waals surface area contributed by atoms with Gasteiger partial charge < -0.3 is 20.1 Å². The zero-order valence-corrected chi connectivity index (χ0v) is 19.0. The molecule has 3 rings (SSSR count). The molecule has 174 valence electrons. The van der Waals surface area contributed by atoms with E-state index >= 15 is 0 Å². The fourth-order valence-electron chi connectivity index (χ4n) is 4.61. The first-order chi connectivity index (χ1) is 14.6. The van der Waals surface area contributed by atoms with Crippen LogP contribution >= 0.6 is 12.4 Å². The second-order valence-corrected chi connectivity index (χ2v) is 8.15. The summed E-state index contributed by atoms with van der Waals surface area (Å²) in [7, 11) is 0. The van der Waals surface area contributed by atoms with Crippen LogP contribution in [0, 0.1) is 17.7 Å². The number of nitrogens with one attached hydrogen (secondary N) is 2. The number of rotatable bonds is 9. The van der Waals surface area contributed by atoms with Gasteiger partial charge in [-0.25, -0.2) is 9.18 Å². The number of carbonyl (C=O) groups excluding carboxylic acids is 2. The normalized spacial score (nSPS) is 21.4. The number of halogens is 2. The number of hydrogen-bond donors (Lipinski definition) is 2. The van der Waals surface area contributed by atoms with Crippen LogP contribution in [-0.4, -0.2) is 44.3 Å². The van der Waals surface area contributed by atoms with Crippen molar-refractivity contribution in [2.75, 3.05) is 31.7 Å². The van der Waals surface area contributed by atoms with Crippen LogP contribution in [-0.2, 0) is 14.3 Å². The Bertz CT molecular complexity index is 728. The summed E-state index contributed by atoms with van der Waals surface area (Å²) < 4.78 is 24.7. The van der Waals surface area contributed by atoms with E-state index in [0.717, 1.165) is 13.0 Å². The topological polar surface area (TPSA) is 76.7 Å². The van der Waals surface area contributed by atoms with Crippen molar-refractivity contribution in [1.29, 1.82) is 0 Å². The van der Waals surface area contributed by atoms with E-state index in [1.807, 2.05) is 6.92 Å². The molecule has 1 saturated carbocycles. The van der Waals surface area contributed by atoms with E-state index < -0.39 is 11.8 Å². The summed E-state index contributed by atoms with van der Waals surface area (Å²) in [6.07, 6.45) is 7.71. The van der Waals surface area contributed by atoms with Gasteiger partial charge >= 0.3 is 5.97 Å². The van der Waals surface area contributed by atoms with Crippen LogP contribution < -0.4 is 10.6 Å². The van der Waals surface area contributed by atoms with E-state index in [2.05, 4.69) is 10.6 Å². The Kier molecular flexibility index (Phi) is 10.7. The molecule has 2 aliphatic rings. The average Bonchev–Trinajstić information content (AvgIpc) is 3.24. The van der Waals surface area contributed by atoms with Gasteiger partial charge in [-0.05, 0) is 49.9 Å². The molecular weight excluding hydrogens is 423 g/mol. The minimum Gasteiger partial charge on any atom is -0.462 e. The van der Waals surface area contributed by atoms with Crippen LogP contribution in [0.4, 0.5) is 10.1 Å². The van der Waals surface area contributed by atoms with Crippen LogP contribution in [0.2, 0.25) is 0 Å². The molecule has 1 aromatic rings. The van der Waals surface area contributed by atoms with E-state index in [1.54, 1.807) is 6.07 Å². The molecule has 2 N–H and O–H groups in total. The lowest BCUT2D eigenvalue weighted by Gasteiger charge is -2.30. The van der Waals surface area contributed by atoms with Crippen LogP contribution in [0.5, 0.6) is 0 Å². The Morgan fingerprint density at radius 2 is 1.94 bits per heavy atom. The molecule has 0 unspecified atom stereocenters. The summed E-state index contributed by atoms with van der Waals surface area (Å²) >= 11 is 0. The number of ether oxygens (including phenoxy) is 2. The maximum Gasteiger partial charge on any atom is 0.341 e. The van der Waals surface area contributed by atoms with Crippen molar-refractivity contribution in [1.82, 2.24) is 5.32 Å². The number of esters is 1. The number of carbonyl (C=O) groups is 2. The SMILES string of the molecule is CCOCCCOC(=O)c1ccc(NC(=O)[C@H]2NCC[C@H]2C2CCCCC2)cc1F.Cl. The van der Waals surface area contributed by atoms with Gasteiger partial charge in [0.05, 0.1) is 18.2 Å². The molecule has 0 aromatic heterocycles. The third-order valence-corrected chi connectivity index (χ3v) is 6.13. The molecule has 2 fully saturated rings. The minimum atomic E-state index is -0.711. The molecule has 1 aliphatic carbocycles. The van der Waals surface area contributed by atoms with Crippen LogP contribution in [0.25, 0.3) is 0 Å². The summed E-state index contributed by atoms with van der Waals surface area (Å²) in [6.45, 7) is 4.00. The third kappa shape index (κ3) is 7.16. The quantitative estimate of drug-likeness (QED) is 0.427. The molecule has 6 nitrogen and oxygen atoms in total. The molecule has 0 spiro atoms. The second kappa shape index (κ2) is 13.0. The second-order valence-electron chi connectivity index (χ2n) is 8.15. The average molecular weight is 457 g/mol. The Morgan fingerprint density at radius 1 is 1.16 bits per heavy atom. The largest absolute Gasteiger partial charge is 0.462 e. The van der Waals surface area contributed by atoms with Gasteiger partial charge in [0.15, 0.2) is 0 Å². The van der Waals surface area contributed by atoms with Gasteiger partial charge in [0.25, 0.3) is 0 Å². The summed E-state index contributed by atoms with van der Waals surface area (Å²) in [4.78, 5) is 24.9. The van der Waals surface area contributed by atoms with Gasteiger partial charge in [-0.2, -0.15) is 0 Å². The lowest BCUT2D eigenvalue weighted by atomic mass is 9.76. The molecule has 1 heterocycles. The van der Waals surface area contributed by atoms with Gasteiger partial charge in [0.2, 0.25) is 5.91 Å². The molecule has 31 heavy (non-hydrogen) atoms. The number of anilines is 1. The van der Waals surface area contributed by atoms with Gasteiger partial charge in [-0.1, -0.05) is 32.1 Å². The highest BCUT2D eigenvalue weighted by Crippen LogP contribution is 2.36. The fraction of sp³-hybridized carbons (Fsp3) is 0.652. The van der Waals surface area contributed by atoms with Crippen molar-refractivity contribution >= 4 is 30.0 Å². The molecule has 2 atom stereocenters. The van der Waals surface area contributed by atoms with Gasteiger partial charge in [-0.15, -0.1) is 12.4 Å². The van der Waals surface area contributed by atoms with Crippen molar-refractivity contribution in [3.8, 4) is 0 Å². The monoisotopic (exact) mass is 456 g/mol. The lowest BCUT2D eigenvalue weighted by Crippen LogP contribution is -2.42. The fourth-order valence-corrected chi connectivity index (χ4v) is 4.61. The maximum atomic E-state index is 14.4. The molecule has 0 bridgehead atoms. The Labute approximate surface area is 190 Å². The van der Waals surface area contributed by atoms with Crippen molar-refractivity contribution in [2.24, 2.45) is 11.8 Å². The number of benzene rings is 1. The Morgan fingerprint density at radius 3 is 2.65 bits per heavy atom. The maximum absolute atomic E-state index is 14.4. The van der Waals surface area contributed by atoms with Crippen LogP contribution in [0.15, 0.2) is 18.2 Å². The summed E-state index contributed by atoms with van der Waals surface area (Å²) in [5, 5.41) is 6.13. The lowest BCUT2D eigenvalue weighted by molar-refractivity contribution is -0.119. The van der Waals surface area contributed by atoms with E-state index in [9.17, 15) is 14.0 Å². The first-order valence-electron chi connectivity index (χ1n) is 11.2. The van der Waals surface area contributed by atoms with Crippen LogP contribution in [0.3, 0.4) is 0 Å². The first-order valence-corrected chi connectivity index (χ1v) is 11.2. The summed E-state index contributed by atoms with van der Waals surface area (Å²) in [5.74, 6) is -0.626. The standard InChI is InChI=1S/C23H33FN2O4.ClH/c1-2-29-13-6-14-30-23(28)19-10-9-17(15-20(19)24)26-22(27)21-18(11-12-25-21)16-7-4-3-5-8-16;/h9-10,15-16,18,21,25H,2-8,11-14H2,1H3,(H,26,27);1H/t18-,21-;/m0./s1. The van der Waals surface area contributed by atoms with Crippen molar-refractivity contribution in [3.63, 3.8) is 0 Å². The predicted molar refractivity (Wildman–Crippen MR) is 120 cm³/mol. The van der Waals surface area contributed by atoms with E-state index in [1.165, 1.54) is 44.2 Å². The van der Waals surface area contributed by atoms with Gasteiger partial charge in [0, 0.05) is 25.3 Å². The zero-order chi connectivity index (χ0) is 21.3. The smallest absolute Gasteiger partial charge is 0.341 e. The van der Waals surface area contributed by atoms with Crippen molar-refractivity contribution in [3.05, 3.63) is 29.6 Å². The van der Waals surface area contributed by atoms with E-state index in [4.69, 9.17) is 9.47 Å². The van der Waals surface area contributed by atoms with Crippen molar-refractivity contribution in [2.45, 2.75) is 57.9 Å². The van der Waals surface area contributed by atoms with E-state index in [0.29, 0.717) is 37.2 Å². The first kappa shape index (κ1) is 25.6. The highest BCUT2D eigenvalue weighted by Gasteiger charge is 2.38. The van der Waals surface area contributed by atoms with Gasteiger partial charge in [-0.3, -0.25) is 4.79 Å². The van der Waals surface area contributed by atoms with E-state index in [-0.39, 0.29) is 36.5 Å². The van der Waals surface area contributed by atoms with Gasteiger partial charge in [0.1, 0.15) is 5.82 Å². The molecular formula is C23H34ClFN2O4. The Balaban J connectivity index is 0.00000341. The molecule has 1 amide bonds. The predicted octanol–water partition coefficient (Wildman–Crippen LogP) is 4.33. The molecule has 1 aromatic carbocycles. The molecule has 0 radical (unpaired) electrons. The zero-order valence-electron chi connectivity index (χ0n) is 18.2. The number of hydrogen-bond acceptors (Lipinski definition) is 5. The minimum absolute atomic E-state index is 0. The third-order valence-electron chi connectivity index (χ3n) is 6.13. The summed E-state index contributed by atoms with van der Waals surface area (Å²) in [6, 6.07) is 3.84.